The van der Waals surface area contributed by atoms with Gasteiger partial charge in [0, 0.05) is 37.6 Å². The second-order valence-corrected chi connectivity index (χ2v) is 6.37. The molecule has 0 aliphatic carbocycles. The van der Waals surface area contributed by atoms with Crippen LogP contribution >= 0.6 is 0 Å². The number of rotatable bonds is 5. The molecule has 7 heteroatoms. The van der Waals surface area contributed by atoms with Gasteiger partial charge in [0.15, 0.2) is 5.82 Å². The molecule has 2 aromatic heterocycles. The van der Waals surface area contributed by atoms with Gasteiger partial charge in [-0.2, -0.15) is 0 Å². The fraction of sp³-hybridized carbons (Fsp3) is 0.263. The molecule has 4 rings (SSSR count). The highest BCUT2D eigenvalue weighted by Crippen LogP contribution is 2.27. The van der Waals surface area contributed by atoms with Crippen molar-refractivity contribution in [2.45, 2.75) is 18.9 Å². The average molecular weight is 350 g/mol. The molecule has 0 saturated carbocycles. The minimum absolute atomic E-state index is 0.197. The molecule has 0 amide bonds. The summed E-state index contributed by atoms with van der Waals surface area (Å²) in [5.74, 6) is 1.31. The van der Waals surface area contributed by atoms with Gasteiger partial charge in [-0.15, -0.1) is 0 Å². The molecule has 1 atom stereocenters. The maximum absolute atomic E-state index is 13.0. The van der Waals surface area contributed by atoms with E-state index in [0.29, 0.717) is 17.7 Å². The summed E-state index contributed by atoms with van der Waals surface area (Å²) in [7, 11) is 0. The summed E-state index contributed by atoms with van der Waals surface area (Å²) in [6.07, 6.45) is 7.69. The van der Waals surface area contributed by atoms with E-state index in [1.165, 1.54) is 12.1 Å². The largest absolute Gasteiger partial charge is 0.307 e. The van der Waals surface area contributed by atoms with Crippen molar-refractivity contribution in [2.24, 2.45) is 0 Å². The molecule has 1 fully saturated rings. The van der Waals surface area contributed by atoms with E-state index in [-0.39, 0.29) is 5.82 Å². The van der Waals surface area contributed by atoms with Crippen LogP contribution in [0.3, 0.4) is 0 Å². The van der Waals surface area contributed by atoms with Gasteiger partial charge in [0.25, 0.3) is 0 Å². The van der Waals surface area contributed by atoms with E-state index >= 15 is 0 Å². The Labute approximate surface area is 151 Å². The number of halogens is 1. The van der Waals surface area contributed by atoms with Crippen molar-refractivity contribution >= 4 is 11.8 Å². The van der Waals surface area contributed by atoms with Crippen LogP contribution in [0.4, 0.5) is 16.2 Å². The Hall–Kier alpha value is -2.93. The van der Waals surface area contributed by atoms with Crippen molar-refractivity contribution in [3.63, 3.8) is 0 Å². The van der Waals surface area contributed by atoms with Crippen molar-refractivity contribution in [3.05, 3.63) is 72.2 Å². The van der Waals surface area contributed by atoms with E-state index in [4.69, 9.17) is 0 Å². The molecule has 3 heterocycles. The molecule has 1 saturated heterocycles. The normalized spacial score (nSPS) is 17.3. The van der Waals surface area contributed by atoms with Gasteiger partial charge in [0.2, 0.25) is 5.95 Å². The Bertz CT molecular complexity index is 855. The van der Waals surface area contributed by atoms with Gasteiger partial charge >= 0.3 is 0 Å². The van der Waals surface area contributed by atoms with Gasteiger partial charge in [-0.1, -0.05) is 12.1 Å². The average Bonchev–Trinajstić information content (AvgIpc) is 3.13. The SMILES string of the molecule is Fc1ccc(CN2CC[C@H](c3ccnc(Nc4cnccn4)n3)C2)cc1. The molecular formula is C19H19FN6. The lowest BCUT2D eigenvalue weighted by Gasteiger charge is -2.16. The summed E-state index contributed by atoms with van der Waals surface area (Å²) < 4.78 is 13.0. The van der Waals surface area contributed by atoms with Gasteiger partial charge in [-0.25, -0.2) is 19.3 Å². The standard InChI is InChI=1S/C19H19FN6/c20-16-3-1-14(2-4-16)12-26-10-6-15(13-26)17-5-7-23-19(24-17)25-18-11-21-8-9-22-18/h1-5,7-9,11,15H,6,10,12-13H2,(H,22,23,24,25)/t15-/m0/s1. The van der Waals surface area contributed by atoms with E-state index in [1.54, 1.807) is 24.8 Å². The van der Waals surface area contributed by atoms with Gasteiger partial charge < -0.3 is 5.32 Å². The molecule has 3 aromatic rings. The zero-order valence-corrected chi connectivity index (χ0v) is 14.2. The summed E-state index contributed by atoms with van der Waals surface area (Å²) in [6.45, 7) is 2.75. The lowest BCUT2D eigenvalue weighted by molar-refractivity contribution is 0.326. The van der Waals surface area contributed by atoms with Crippen LogP contribution in [0.15, 0.2) is 55.1 Å². The molecule has 1 aliphatic rings. The monoisotopic (exact) mass is 350 g/mol. The van der Waals surface area contributed by atoms with E-state index in [0.717, 1.165) is 37.3 Å². The Morgan fingerprint density at radius 3 is 2.77 bits per heavy atom. The number of anilines is 2. The Morgan fingerprint density at radius 1 is 1.08 bits per heavy atom. The van der Waals surface area contributed by atoms with Crippen LogP contribution in [-0.4, -0.2) is 37.9 Å². The van der Waals surface area contributed by atoms with Crippen LogP contribution in [0, 0.1) is 5.82 Å². The number of nitrogens with one attached hydrogen (secondary N) is 1. The molecule has 26 heavy (non-hydrogen) atoms. The maximum Gasteiger partial charge on any atom is 0.228 e. The Morgan fingerprint density at radius 2 is 1.96 bits per heavy atom. The smallest absolute Gasteiger partial charge is 0.228 e. The van der Waals surface area contributed by atoms with E-state index < -0.39 is 0 Å². The van der Waals surface area contributed by atoms with Gasteiger partial charge in [0.05, 0.1) is 11.9 Å². The summed E-state index contributed by atoms with van der Waals surface area (Å²) in [5, 5.41) is 3.08. The molecule has 0 unspecified atom stereocenters. The zero-order valence-electron chi connectivity index (χ0n) is 14.2. The quantitative estimate of drug-likeness (QED) is 0.762. The number of benzene rings is 1. The number of hydrogen-bond donors (Lipinski definition) is 1. The van der Waals surface area contributed by atoms with Crippen LogP contribution in [0.25, 0.3) is 0 Å². The molecule has 6 nitrogen and oxygen atoms in total. The van der Waals surface area contributed by atoms with Crippen molar-refractivity contribution in [1.82, 2.24) is 24.8 Å². The minimum atomic E-state index is -0.197. The number of aromatic nitrogens is 4. The summed E-state index contributed by atoms with van der Waals surface area (Å²) in [5.41, 5.74) is 2.15. The minimum Gasteiger partial charge on any atom is -0.307 e. The van der Waals surface area contributed by atoms with Gasteiger partial charge in [-0.05, 0) is 36.7 Å². The van der Waals surface area contributed by atoms with Crippen molar-refractivity contribution < 1.29 is 4.39 Å². The van der Waals surface area contributed by atoms with E-state index in [9.17, 15) is 4.39 Å². The molecule has 1 N–H and O–H groups in total. The predicted octanol–water partition coefficient (Wildman–Crippen LogP) is 3.14. The maximum atomic E-state index is 13.0. The zero-order chi connectivity index (χ0) is 17.8. The summed E-state index contributed by atoms with van der Waals surface area (Å²) >= 11 is 0. The second-order valence-electron chi connectivity index (χ2n) is 6.37. The van der Waals surface area contributed by atoms with Crippen molar-refractivity contribution in [3.8, 4) is 0 Å². The first-order chi connectivity index (χ1) is 12.8. The fourth-order valence-electron chi connectivity index (χ4n) is 3.20. The molecule has 132 valence electrons. The molecule has 0 bridgehead atoms. The third kappa shape index (κ3) is 4.00. The highest BCUT2D eigenvalue weighted by Gasteiger charge is 2.25. The molecular weight excluding hydrogens is 331 g/mol. The first-order valence-electron chi connectivity index (χ1n) is 8.59. The van der Waals surface area contributed by atoms with Crippen molar-refractivity contribution in [2.75, 3.05) is 18.4 Å². The second kappa shape index (κ2) is 7.53. The van der Waals surface area contributed by atoms with E-state index in [1.807, 2.05) is 18.2 Å². The van der Waals surface area contributed by atoms with Crippen LogP contribution in [0.5, 0.6) is 0 Å². The number of hydrogen-bond acceptors (Lipinski definition) is 6. The summed E-state index contributed by atoms with van der Waals surface area (Å²) in [6, 6.07) is 8.68. The Balaban J connectivity index is 1.40. The fourth-order valence-corrected chi connectivity index (χ4v) is 3.20. The Kier molecular flexibility index (Phi) is 4.79. The number of nitrogens with zero attached hydrogens (tertiary/aromatic N) is 5. The van der Waals surface area contributed by atoms with E-state index in [2.05, 4.69) is 30.2 Å². The first-order valence-corrected chi connectivity index (χ1v) is 8.59. The first kappa shape index (κ1) is 16.5. The van der Waals surface area contributed by atoms with Crippen LogP contribution in [0.1, 0.15) is 23.6 Å². The topological polar surface area (TPSA) is 66.8 Å². The third-order valence-electron chi connectivity index (χ3n) is 4.49. The van der Waals surface area contributed by atoms with Gasteiger partial charge in [-0.3, -0.25) is 9.88 Å². The lowest BCUT2D eigenvalue weighted by atomic mass is 10.1. The highest BCUT2D eigenvalue weighted by molar-refractivity contribution is 5.45. The lowest BCUT2D eigenvalue weighted by Crippen LogP contribution is -2.20. The van der Waals surface area contributed by atoms with Gasteiger partial charge in [0.1, 0.15) is 5.82 Å². The van der Waals surface area contributed by atoms with Crippen LogP contribution in [0.2, 0.25) is 0 Å². The molecule has 1 aromatic carbocycles. The predicted molar refractivity (Wildman–Crippen MR) is 96.4 cm³/mol. The van der Waals surface area contributed by atoms with Crippen LogP contribution < -0.4 is 5.32 Å². The molecule has 0 spiro atoms. The molecule has 0 radical (unpaired) electrons. The highest BCUT2D eigenvalue weighted by atomic mass is 19.1. The van der Waals surface area contributed by atoms with Crippen molar-refractivity contribution in [1.29, 1.82) is 0 Å². The molecule has 1 aliphatic heterocycles. The third-order valence-corrected chi connectivity index (χ3v) is 4.49. The summed E-state index contributed by atoms with van der Waals surface area (Å²) in [4.78, 5) is 19.5. The number of likely N-dealkylation sites (tertiary alicyclic amines) is 1. The van der Waals surface area contributed by atoms with Crippen LogP contribution in [-0.2, 0) is 6.54 Å².